The van der Waals surface area contributed by atoms with E-state index in [4.69, 9.17) is 20.9 Å². The van der Waals surface area contributed by atoms with E-state index < -0.39 is 6.29 Å². The van der Waals surface area contributed by atoms with E-state index in [1.54, 1.807) is 42.5 Å². The van der Waals surface area contributed by atoms with E-state index in [2.05, 4.69) is 6.58 Å². The summed E-state index contributed by atoms with van der Waals surface area (Å²) in [6.07, 6.45) is 8.71. The van der Waals surface area contributed by atoms with Gasteiger partial charge < -0.3 is 26.0 Å². The van der Waals surface area contributed by atoms with Crippen molar-refractivity contribution in [2.24, 2.45) is 5.73 Å². The van der Waals surface area contributed by atoms with Gasteiger partial charge in [0.2, 0.25) is 0 Å². The van der Waals surface area contributed by atoms with Crippen LogP contribution in [0.2, 0.25) is 0 Å². The van der Waals surface area contributed by atoms with Crippen molar-refractivity contribution in [3.8, 4) is 0 Å². The van der Waals surface area contributed by atoms with Gasteiger partial charge >= 0.3 is 5.97 Å². The number of hydrogen-bond acceptors (Lipinski definition) is 6. The van der Waals surface area contributed by atoms with E-state index in [0.717, 1.165) is 25.7 Å². The van der Waals surface area contributed by atoms with Crippen LogP contribution < -0.4 is 11.5 Å². The summed E-state index contributed by atoms with van der Waals surface area (Å²) >= 11 is 0. The molecule has 142 valence electrons. The molecule has 0 aromatic heterocycles. The van der Waals surface area contributed by atoms with Crippen LogP contribution in [-0.2, 0) is 9.47 Å². The summed E-state index contributed by atoms with van der Waals surface area (Å²) in [5, 5.41) is 9.61. The molecule has 1 atom stereocenters. The largest absolute Gasteiger partial charge is 0.462 e. The minimum atomic E-state index is -0.979. The summed E-state index contributed by atoms with van der Waals surface area (Å²) in [6.45, 7) is 4.36. The van der Waals surface area contributed by atoms with Crippen LogP contribution in [-0.4, -0.2) is 30.6 Å². The number of nitrogens with two attached hydrogens (primary N) is 2. The fourth-order valence-electron chi connectivity index (χ4n) is 2.07. The van der Waals surface area contributed by atoms with Gasteiger partial charge in [-0.05, 0) is 61.8 Å². The van der Waals surface area contributed by atoms with Crippen LogP contribution in [0.3, 0.4) is 0 Å². The zero-order valence-corrected chi connectivity index (χ0v) is 15.0. The van der Waals surface area contributed by atoms with Crippen molar-refractivity contribution in [2.45, 2.75) is 32.0 Å². The fraction of sp³-hybridized carbons (Fsp3) is 0.350. The maximum Gasteiger partial charge on any atom is 0.338 e. The first-order valence-corrected chi connectivity index (χ1v) is 8.61. The highest BCUT2D eigenvalue weighted by Gasteiger charge is 2.06. The van der Waals surface area contributed by atoms with Gasteiger partial charge in [-0.3, -0.25) is 0 Å². The van der Waals surface area contributed by atoms with Crippen LogP contribution in [0.15, 0.2) is 60.8 Å². The van der Waals surface area contributed by atoms with Crippen molar-refractivity contribution in [2.75, 3.05) is 18.9 Å². The molecule has 0 saturated carbocycles. The van der Waals surface area contributed by atoms with E-state index in [-0.39, 0.29) is 5.97 Å². The second kappa shape index (κ2) is 12.7. The summed E-state index contributed by atoms with van der Waals surface area (Å²) in [4.78, 5) is 11.8. The summed E-state index contributed by atoms with van der Waals surface area (Å²) in [6, 6.07) is 6.64. The molecule has 1 unspecified atom stereocenters. The fourth-order valence-corrected chi connectivity index (χ4v) is 2.07. The third-order valence-corrected chi connectivity index (χ3v) is 3.47. The summed E-state index contributed by atoms with van der Waals surface area (Å²) < 4.78 is 10.4. The van der Waals surface area contributed by atoms with Crippen molar-refractivity contribution < 1.29 is 19.4 Å². The number of ether oxygens (including phenoxy) is 2. The number of allylic oxidation sites excluding steroid dienone is 3. The number of nitrogen functional groups attached to an aromatic ring is 1. The van der Waals surface area contributed by atoms with Gasteiger partial charge in [0.25, 0.3) is 0 Å². The molecule has 0 bridgehead atoms. The zero-order valence-electron chi connectivity index (χ0n) is 15.0. The second-order valence-electron chi connectivity index (χ2n) is 5.69. The Morgan fingerprint density at radius 1 is 1.15 bits per heavy atom. The standard InChI is InChI=1S/C20H28N2O4/c1-2-7-17(21)12-13-19(23)25-14-5-3-4-6-15-26-20(24)16-8-10-18(22)11-9-16/h2,7-13,19,23H,1,3-6,14-15,21-22H2/b13-12-,17-7+. The van der Waals surface area contributed by atoms with Crippen molar-refractivity contribution in [3.05, 3.63) is 66.4 Å². The molecular formula is C20H28N2O4. The van der Waals surface area contributed by atoms with Gasteiger partial charge in [-0.2, -0.15) is 0 Å². The molecule has 0 saturated heterocycles. The molecule has 6 nitrogen and oxygen atoms in total. The number of unbranched alkanes of at least 4 members (excludes halogenated alkanes) is 3. The van der Waals surface area contributed by atoms with Gasteiger partial charge in [0.1, 0.15) is 0 Å². The first kappa shape index (κ1) is 21.5. The summed E-state index contributed by atoms with van der Waals surface area (Å²) in [7, 11) is 0. The summed E-state index contributed by atoms with van der Waals surface area (Å²) in [5.41, 5.74) is 12.8. The Labute approximate surface area is 154 Å². The van der Waals surface area contributed by atoms with Crippen molar-refractivity contribution >= 4 is 11.7 Å². The lowest BCUT2D eigenvalue weighted by Crippen LogP contribution is -2.10. The molecule has 0 aliphatic carbocycles. The van der Waals surface area contributed by atoms with Crippen LogP contribution in [0, 0.1) is 0 Å². The zero-order chi connectivity index (χ0) is 19.2. The maximum absolute atomic E-state index is 11.8. The number of esters is 1. The van der Waals surface area contributed by atoms with Crippen LogP contribution in [0.5, 0.6) is 0 Å². The lowest BCUT2D eigenvalue weighted by molar-refractivity contribution is -0.0651. The number of benzene rings is 1. The van der Waals surface area contributed by atoms with Crippen LogP contribution in [0.25, 0.3) is 0 Å². The average Bonchev–Trinajstić information content (AvgIpc) is 2.62. The molecule has 1 rings (SSSR count). The predicted molar refractivity (Wildman–Crippen MR) is 103 cm³/mol. The van der Waals surface area contributed by atoms with Crippen molar-refractivity contribution in [1.82, 2.24) is 0 Å². The molecule has 26 heavy (non-hydrogen) atoms. The molecule has 0 aliphatic heterocycles. The monoisotopic (exact) mass is 360 g/mol. The van der Waals surface area contributed by atoms with E-state index in [0.29, 0.717) is 30.2 Å². The first-order valence-electron chi connectivity index (χ1n) is 8.61. The number of carbonyl (C=O) groups is 1. The van der Waals surface area contributed by atoms with E-state index in [9.17, 15) is 9.90 Å². The molecule has 0 radical (unpaired) electrons. The van der Waals surface area contributed by atoms with Crippen LogP contribution >= 0.6 is 0 Å². The number of hydrogen-bond donors (Lipinski definition) is 3. The number of carbonyl (C=O) groups excluding carboxylic acids is 1. The Kier molecular flexibility index (Phi) is 10.5. The Morgan fingerprint density at radius 2 is 1.81 bits per heavy atom. The molecule has 5 N–H and O–H groups in total. The normalized spacial score (nSPS) is 12.9. The lowest BCUT2D eigenvalue weighted by atomic mass is 10.2. The third-order valence-electron chi connectivity index (χ3n) is 3.47. The molecular weight excluding hydrogens is 332 g/mol. The SMILES string of the molecule is C=C/C=C(N)\C=C/C(O)OCCCCCCOC(=O)c1ccc(N)cc1. The highest BCUT2D eigenvalue weighted by Crippen LogP contribution is 2.08. The van der Waals surface area contributed by atoms with Crippen LogP contribution in [0.4, 0.5) is 5.69 Å². The Bertz CT molecular complexity index is 609. The van der Waals surface area contributed by atoms with Gasteiger partial charge in [-0.25, -0.2) is 4.79 Å². The smallest absolute Gasteiger partial charge is 0.338 e. The molecule has 0 fully saturated rings. The minimum absolute atomic E-state index is 0.340. The molecule has 6 heteroatoms. The Morgan fingerprint density at radius 3 is 2.46 bits per heavy atom. The number of anilines is 1. The molecule has 1 aromatic rings. The lowest BCUT2D eigenvalue weighted by Gasteiger charge is -2.08. The maximum atomic E-state index is 11.8. The molecule has 0 heterocycles. The van der Waals surface area contributed by atoms with E-state index in [1.807, 2.05) is 0 Å². The van der Waals surface area contributed by atoms with E-state index >= 15 is 0 Å². The molecule has 0 spiro atoms. The minimum Gasteiger partial charge on any atom is -0.462 e. The number of aliphatic hydroxyl groups excluding tert-OH is 1. The third kappa shape index (κ3) is 9.66. The molecule has 0 aliphatic rings. The van der Waals surface area contributed by atoms with Gasteiger partial charge in [-0.15, -0.1) is 0 Å². The number of aliphatic hydroxyl groups is 1. The first-order chi connectivity index (χ1) is 12.5. The Balaban J connectivity index is 2.04. The Hall–Kier alpha value is -2.57. The van der Waals surface area contributed by atoms with Gasteiger partial charge in [0, 0.05) is 11.4 Å². The van der Waals surface area contributed by atoms with Gasteiger partial charge in [0.15, 0.2) is 6.29 Å². The average molecular weight is 360 g/mol. The van der Waals surface area contributed by atoms with Gasteiger partial charge in [0.05, 0.1) is 18.8 Å². The topological polar surface area (TPSA) is 108 Å². The van der Waals surface area contributed by atoms with Crippen LogP contribution in [0.1, 0.15) is 36.0 Å². The van der Waals surface area contributed by atoms with E-state index in [1.165, 1.54) is 6.08 Å². The van der Waals surface area contributed by atoms with Gasteiger partial charge in [-0.1, -0.05) is 19.1 Å². The molecule has 1 aromatic carbocycles. The number of rotatable bonds is 12. The molecule has 0 amide bonds. The van der Waals surface area contributed by atoms with Crippen molar-refractivity contribution in [1.29, 1.82) is 0 Å². The quantitative estimate of drug-likeness (QED) is 0.174. The highest BCUT2D eigenvalue weighted by molar-refractivity contribution is 5.89. The second-order valence-corrected chi connectivity index (χ2v) is 5.69. The highest BCUT2D eigenvalue weighted by atomic mass is 16.6. The predicted octanol–water partition coefficient (Wildman–Crippen LogP) is 2.91. The van der Waals surface area contributed by atoms with Crippen molar-refractivity contribution in [3.63, 3.8) is 0 Å². The summed E-state index contributed by atoms with van der Waals surface area (Å²) in [5.74, 6) is -0.340.